The van der Waals surface area contributed by atoms with Gasteiger partial charge in [-0.25, -0.2) is 0 Å². The highest BCUT2D eigenvalue weighted by molar-refractivity contribution is 5.62. The van der Waals surface area contributed by atoms with Crippen molar-refractivity contribution >= 4 is 5.69 Å². The predicted molar refractivity (Wildman–Crippen MR) is 71.3 cm³/mol. The van der Waals surface area contributed by atoms with Gasteiger partial charge in [-0.1, -0.05) is 24.6 Å². The molecule has 17 heavy (non-hydrogen) atoms. The second-order valence-electron chi connectivity index (χ2n) is 6.37. The summed E-state index contributed by atoms with van der Waals surface area (Å²) in [5, 5.41) is 3.65. The molecule has 90 valence electrons. The van der Waals surface area contributed by atoms with Gasteiger partial charge in [0, 0.05) is 18.2 Å². The van der Waals surface area contributed by atoms with Gasteiger partial charge in [0.15, 0.2) is 0 Å². The molecule has 0 spiro atoms. The third-order valence-corrected chi connectivity index (χ3v) is 5.51. The van der Waals surface area contributed by atoms with Crippen molar-refractivity contribution in [2.45, 2.75) is 38.5 Å². The molecule has 1 heterocycles. The summed E-state index contributed by atoms with van der Waals surface area (Å²) in [6, 6.07) is 6.83. The van der Waals surface area contributed by atoms with E-state index < -0.39 is 0 Å². The van der Waals surface area contributed by atoms with E-state index in [4.69, 9.17) is 0 Å². The molecule has 4 unspecified atom stereocenters. The molecule has 2 aliphatic carbocycles. The summed E-state index contributed by atoms with van der Waals surface area (Å²) in [6.07, 6.45) is 6.06. The molecule has 1 heteroatoms. The minimum Gasteiger partial charge on any atom is -0.384 e. The van der Waals surface area contributed by atoms with E-state index in [0.717, 1.165) is 23.7 Å². The molecule has 2 fully saturated rings. The lowest BCUT2D eigenvalue weighted by atomic mass is 9.77. The van der Waals surface area contributed by atoms with Crippen molar-refractivity contribution in [2.24, 2.45) is 17.8 Å². The highest BCUT2D eigenvalue weighted by atomic mass is 14.9. The van der Waals surface area contributed by atoms with Gasteiger partial charge in [-0.3, -0.25) is 0 Å². The average molecular weight is 227 g/mol. The Labute approximate surface area is 104 Å². The molecule has 1 nitrogen and oxygen atoms in total. The van der Waals surface area contributed by atoms with Gasteiger partial charge < -0.3 is 5.32 Å². The zero-order chi connectivity index (χ0) is 11.4. The average Bonchev–Trinajstić information content (AvgIpc) is 3.03. The maximum absolute atomic E-state index is 3.65. The van der Waals surface area contributed by atoms with Crippen LogP contribution in [0.3, 0.4) is 0 Å². The second kappa shape index (κ2) is 3.51. The normalized spacial score (nSPS) is 38.2. The Morgan fingerprint density at radius 2 is 2.12 bits per heavy atom. The highest BCUT2D eigenvalue weighted by Gasteiger charge is 2.45. The summed E-state index contributed by atoms with van der Waals surface area (Å²) in [4.78, 5) is 0. The fraction of sp³-hybridized carbons (Fsp3) is 0.625. The topological polar surface area (TPSA) is 12.0 Å². The molecule has 1 N–H and O–H groups in total. The number of hydrogen-bond acceptors (Lipinski definition) is 1. The number of anilines is 1. The van der Waals surface area contributed by atoms with Crippen molar-refractivity contribution in [3.8, 4) is 0 Å². The lowest BCUT2D eigenvalue weighted by molar-refractivity contribution is 0.292. The van der Waals surface area contributed by atoms with E-state index >= 15 is 0 Å². The summed E-state index contributed by atoms with van der Waals surface area (Å²) < 4.78 is 0. The molecule has 0 saturated heterocycles. The largest absolute Gasteiger partial charge is 0.384 e. The smallest absolute Gasteiger partial charge is 0.0406 e. The Bertz CT molecular complexity index is 451. The van der Waals surface area contributed by atoms with Crippen LogP contribution in [0.1, 0.15) is 42.7 Å². The standard InChI is InChI=1S/C16H21N/c1-10-3-2-4-13-15(9-17-16(10)13)14-8-11-5-6-12(14)7-11/h2-4,11-12,14-15,17H,5-9H2,1H3. The maximum atomic E-state index is 3.65. The van der Waals surface area contributed by atoms with Crippen LogP contribution in [-0.2, 0) is 0 Å². The quantitative estimate of drug-likeness (QED) is 0.766. The Balaban J connectivity index is 1.68. The lowest BCUT2D eigenvalue weighted by Gasteiger charge is -2.27. The molecule has 4 atom stereocenters. The van der Waals surface area contributed by atoms with E-state index in [2.05, 4.69) is 30.4 Å². The van der Waals surface area contributed by atoms with Crippen molar-refractivity contribution in [3.05, 3.63) is 29.3 Å². The molecular weight excluding hydrogens is 206 g/mol. The molecule has 0 amide bonds. The minimum absolute atomic E-state index is 0.806. The molecule has 3 aliphatic rings. The van der Waals surface area contributed by atoms with Crippen molar-refractivity contribution in [2.75, 3.05) is 11.9 Å². The van der Waals surface area contributed by atoms with Crippen molar-refractivity contribution in [3.63, 3.8) is 0 Å². The van der Waals surface area contributed by atoms with E-state index in [9.17, 15) is 0 Å². The zero-order valence-electron chi connectivity index (χ0n) is 10.6. The van der Waals surface area contributed by atoms with E-state index in [0.29, 0.717) is 0 Å². The lowest BCUT2D eigenvalue weighted by Crippen LogP contribution is -2.20. The third-order valence-electron chi connectivity index (χ3n) is 5.51. The predicted octanol–water partition coefficient (Wildman–Crippen LogP) is 3.94. The molecule has 1 aromatic rings. The molecule has 0 radical (unpaired) electrons. The molecule has 2 saturated carbocycles. The van der Waals surface area contributed by atoms with E-state index in [1.165, 1.54) is 43.5 Å². The Hall–Kier alpha value is -0.980. The molecule has 1 aromatic carbocycles. The fourth-order valence-corrected chi connectivity index (χ4v) is 4.73. The number of nitrogens with one attached hydrogen (secondary N) is 1. The highest BCUT2D eigenvalue weighted by Crippen LogP contribution is 2.55. The maximum Gasteiger partial charge on any atom is 0.0406 e. The monoisotopic (exact) mass is 227 g/mol. The van der Waals surface area contributed by atoms with E-state index in [-0.39, 0.29) is 0 Å². The Kier molecular flexibility index (Phi) is 2.06. The molecule has 4 rings (SSSR count). The Morgan fingerprint density at radius 1 is 1.18 bits per heavy atom. The van der Waals surface area contributed by atoms with Crippen LogP contribution in [0.2, 0.25) is 0 Å². The number of hydrogen-bond donors (Lipinski definition) is 1. The first-order valence-corrected chi connectivity index (χ1v) is 7.16. The number of rotatable bonds is 1. The van der Waals surface area contributed by atoms with Crippen molar-refractivity contribution in [1.29, 1.82) is 0 Å². The minimum atomic E-state index is 0.806. The van der Waals surface area contributed by atoms with Crippen molar-refractivity contribution in [1.82, 2.24) is 0 Å². The van der Waals surface area contributed by atoms with Crippen LogP contribution in [0.4, 0.5) is 5.69 Å². The van der Waals surface area contributed by atoms with Crippen LogP contribution in [0.15, 0.2) is 18.2 Å². The summed E-state index contributed by atoms with van der Waals surface area (Å²) in [5.41, 5.74) is 4.48. The van der Waals surface area contributed by atoms with Crippen LogP contribution in [0.5, 0.6) is 0 Å². The van der Waals surface area contributed by atoms with E-state index in [1.54, 1.807) is 5.56 Å². The van der Waals surface area contributed by atoms with E-state index in [1.807, 2.05) is 0 Å². The first kappa shape index (κ1) is 9.99. The summed E-state index contributed by atoms with van der Waals surface area (Å²) in [6.45, 7) is 3.42. The SMILES string of the molecule is Cc1cccc2c1NCC2C1CC2CCC1C2. The number of benzene rings is 1. The van der Waals surface area contributed by atoms with Gasteiger partial charge in [0.1, 0.15) is 0 Å². The van der Waals surface area contributed by atoms with Gasteiger partial charge >= 0.3 is 0 Å². The first-order chi connectivity index (χ1) is 8.33. The van der Waals surface area contributed by atoms with Gasteiger partial charge in [-0.15, -0.1) is 0 Å². The molecule has 0 aromatic heterocycles. The van der Waals surface area contributed by atoms with Crippen molar-refractivity contribution < 1.29 is 0 Å². The zero-order valence-corrected chi connectivity index (χ0v) is 10.6. The Morgan fingerprint density at radius 3 is 2.88 bits per heavy atom. The third kappa shape index (κ3) is 1.38. The van der Waals surface area contributed by atoms with Gasteiger partial charge in [-0.2, -0.15) is 0 Å². The second-order valence-corrected chi connectivity index (χ2v) is 6.37. The van der Waals surface area contributed by atoms with Gasteiger partial charge in [-0.05, 0) is 55.1 Å². The number of aryl methyl sites for hydroxylation is 1. The molecule has 1 aliphatic heterocycles. The molecule has 2 bridgehead atoms. The number of fused-ring (bicyclic) bond motifs is 3. The van der Waals surface area contributed by atoms with Crippen LogP contribution < -0.4 is 5.32 Å². The summed E-state index contributed by atoms with van der Waals surface area (Å²) in [5.74, 6) is 3.89. The van der Waals surface area contributed by atoms with Crippen LogP contribution >= 0.6 is 0 Å². The van der Waals surface area contributed by atoms with Crippen LogP contribution in [0.25, 0.3) is 0 Å². The van der Waals surface area contributed by atoms with Gasteiger partial charge in [0.2, 0.25) is 0 Å². The molecular formula is C16H21N. The summed E-state index contributed by atoms with van der Waals surface area (Å²) in [7, 11) is 0. The summed E-state index contributed by atoms with van der Waals surface area (Å²) >= 11 is 0. The van der Waals surface area contributed by atoms with Crippen LogP contribution in [0, 0.1) is 24.7 Å². The van der Waals surface area contributed by atoms with Crippen LogP contribution in [-0.4, -0.2) is 6.54 Å². The number of para-hydroxylation sites is 1. The van der Waals surface area contributed by atoms with Gasteiger partial charge in [0.05, 0.1) is 0 Å². The fourth-order valence-electron chi connectivity index (χ4n) is 4.73. The first-order valence-electron chi connectivity index (χ1n) is 7.16. The van der Waals surface area contributed by atoms with Gasteiger partial charge in [0.25, 0.3) is 0 Å².